The Bertz CT molecular complexity index is 1250. The van der Waals surface area contributed by atoms with E-state index in [9.17, 15) is 18.2 Å². The van der Waals surface area contributed by atoms with Crippen LogP contribution in [0.15, 0.2) is 70.6 Å². The number of ether oxygens (including phenoxy) is 1. The summed E-state index contributed by atoms with van der Waals surface area (Å²) in [5, 5.41) is 22.3. The molecule has 2 aromatic heterocycles. The Kier molecular flexibility index (Phi) is 10.2. The van der Waals surface area contributed by atoms with Gasteiger partial charge in [0.25, 0.3) is 0 Å². The van der Waals surface area contributed by atoms with Crippen LogP contribution in [0.4, 0.5) is 0 Å². The molecule has 0 unspecified atom stereocenters. The van der Waals surface area contributed by atoms with E-state index >= 15 is 0 Å². The van der Waals surface area contributed by atoms with Crippen molar-refractivity contribution in [1.29, 1.82) is 0 Å². The van der Waals surface area contributed by atoms with Crippen LogP contribution in [0.5, 0.6) is 5.75 Å². The van der Waals surface area contributed by atoms with Gasteiger partial charge in [-0.15, -0.1) is 0 Å². The molecule has 1 N–H and O–H groups in total. The number of allylic oxidation sites excluding steroid dienone is 1. The normalized spacial score (nSPS) is 11.4. The lowest BCUT2D eigenvalue weighted by Gasteiger charge is -2.12. The summed E-state index contributed by atoms with van der Waals surface area (Å²) >= 11 is 0.673. The Morgan fingerprint density at radius 2 is 1.97 bits per heavy atom. The molecule has 12 nitrogen and oxygen atoms in total. The van der Waals surface area contributed by atoms with Crippen molar-refractivity contribution < 1.29 is 51.5 Å². The molecule has 3 rings (SSSR count). The maximum atomic E-state index is 10.7. The van der Waals surface area contributed by atoms with E-state index in [1.54, 1.807) is 53.5 Å². The molecule has 2 heterocycles. The molecule has 0 aliphatic carbocycles. The molecule has 3 aromatic rings. The van der Waals surface area contributed by atoms with E-state index in [0.29, 0.717) is 71.5 Å². The molecule has 1 aromatic carbocycles. The number of benzene rings is 1. The Morgan fingerprint density at radius 1 is 1.19 bits per heavy atom. The van der Waals surface area contributed by atoms with Crippen LogP contribution < -0.4 is 14.6 Å². The molecule has 194 valence electrons. The van der Waals surface area contributed by atoms with Crippen molar-refractivity contribution in [1.82, 2.24) is 4.98 Å². The summed E-state index contributed by atoms with van der Waals surface area (Å²) in [4.78, 5) is 8.80. The minimum absolute atomic E-state index is 0.215. The standard InChI is InChI=1S/C22H24N2O10S2/c1-16(32-25)4-2-12-30-19-6-5-18(14-21(19)35-34-33-26)20-15-23-22(31-20)17-7-10-24(11-8-17)9-3-13-36(27,28)29/h5-8,10-11,14-15H,1-4,9,12-13H2,(H2-,25,26,27,28,29)/p-1. The lowest BCUT2D eigenvalue weighted by Crippen LogP contribution is -2.33. The van der Waals surface area contributed by atoms with Gasteiger partial charge in [0.05, 0.1) is 39.9 Å². The molecule has 0 amide bonds. The number of rotatable bonds is 15. The lowest BCUT2D eigenvalue weighted by atomic mass is 10.2. The number of hydrogen-bond donors (Lipinski definition) is 1. The summed E-state index contributed by atoms with van der Waals surface area (Å²) in [6.07, 6.45) is 6.17. The summed E-state index contributed by atoms with van der Waals surface area (Å²) < 4.78 is 50.0. The summed E-state index contributed by atoms with van der Waals surface area (Å²) in [6, 6.07) is 8.63. The molecular formula is C22H23N2O10S2-. The molecule has 0 bridgehead atoms. The number of hydrogen-bond acceptors (Lipinski definition) is 12. The van der Waals surface area contributed by atoms with Crippen molar-refractivity contribution in [3.63, 3.8) is 0 Å². The van der Waals surface area contributed by atoms with Crippen molar-refractivity contribution in [2.24, 2.45) is 0 Å². The number of aryl methyl sites for hydroxylation is 1. The zero-order chi connectivity index (χ0) is 26.0. The molecular weight excluding hydrogens is 516 g/mol. The Hall–Kier alpha value is -2.98. The van der Waals surface area contributed by atoms with Gasteiger partial charge >= 0.3 is 0 Å². The highest BCUT2D eigenvalue weighted by Gasteiger charge is 2.14. The number of oxazole rings is 1. The maximum absolute atomic E-state index is 10.7. The van der Waals surface area contributed by atoms with Crippen LogP contribution in [-0.2, 0) is 30.9 Å². The van der Waals surface area contributed by atoms with Gasteiger partial charge in [-0.05, 0) is 24.6 Å². The lowest BCUT2D eigenvalue weighted by molar-refractivity contribution is -0.777. The highest BCUT2D eigenvalue weighted by Crippen LogP contribution is 2.35. The van der Waals surface area contributed by atoms with Crippen LogP contribution in [0.1, 0.15) is 19.3 Å². The minimum atomic E-state index is -4.23. The average Bonchev–Trinajstić information content (AvgIpc) is 3.35. The summed E-state index contributed by atoms with van der Waals surface area (Å²) in [5.74, 6) is 1.05. The van der Waals surface area contributed by atoms with Crippen LogP contribution in [0.3, 0.4) is 0 Å². The predicted molar refractivity (Wildman–Crippen MR) is 122 cm³/mol. The van der Waals surface area contributed by atoms with E-state index in [-0.39, 0.29) is 12.2 Å². The van der Waals surface area contributed by atoms with Gasteiger partial charge in [0.2, 0.25) is 5.89 Å². The monoisotopic (exact) mass is 539 g/mol. The van der Waals surface area contributed by atoms with Gasteiger partial charge in [0.15, 0.2) is 18.2 Å². The van der Waals surface area contributed by atoms with Crippen LogP contribution >= 0.6 is 12.0 Å². The molecule has 0 saturated carbocycles. The van der Waals surface area contributed by atoms with Gasteiger partial charge in [-0.25, -0.2) is 23.2 Å². The molecule has 0 spiro atoms. The zero-order valence-electron chi connectivity index (χ0n) is 18.9. The summed E-state index contributed by atoms with van der Waals surface area (Å²) in [5.41, 5.74) is 1.34. The third kappa shape index (κ3) is 8.60. The van der Waals surface area contributed by atoms with Crippen LogP contribution in [-0.4, -0.2) is 35.6 Å². The van der Waals surface area contributed by atoms with Gasteiger partial charge in [0.1, 0.15) is 18.1 Å². The largest absolute Gasteiger partial charge is 0.748 e. The van der Waals surface area contributed by atoms with Crippen molar-refractivity contribution >= 4 is 22.2 Å². The number of aromatic nitrogens is 2. The second-order valence-electron chi connectivity index (χ2n) is 7.43. The van der Waals surface area contributed by atoms with Crippen molar-refractivity contribution in [3.8, 4) is 28.5 Å². The Balaban J connectivity index is 1.68. The first-order valence-electron chi connectivity index (χ1n) is 10.6. The van der Waals surface area contributed by atoms with E-state index in [1.807, 2.05) is 0 Å². The quantitative estimate of drug-likeness (QED) is 0.0571. The van der Waals surface area contributed by atoms with Crippen LogP contribution in [0.2, 0.25) is 0 Å². The first-order valence-corrected chi connectivity index (χ1v) is 12.9. The predicted octanol–water partition coefficient (Wildman–Crippen LogP) is 2.62. The Labute approximate surface area is 211 Å². The maximum Gasteiger partial charge on any atom is 0.227 e. The van der Waals surface area contributed by atoms with Crippen molar-refractivity contribution in [3.05, 3.63) is 61.3 Å². The highest BCUT2D eigenvalue weighted by atomic mass is 32.2. The third-order valence-electron chi connectivity index (χ3n) is 4.82. The molecule has 0 fully saturated rings. The molecule has 14 heteroatoms. The number of pyridine rings is 1. The van der Waals surface area contributed by atoms with Gasteiger partial charge in [0, 0.05) is 41.9 Å². The molecule has 0 radical (unpaired) electrons. The molecule has 0 atom stereocenters. The number of nitrogens with zero attached hydrogens (tertiary/aromatic N) is 2. The van der Waals surface area contributed by atoms with E-state index < -0.39 is 15.9 Å². The average molecular weight is 540 g/mol. The van der Waals surface area contributed by atoms with Gasteiger partial charge < -0.3 is 23.9 Å². The second kappa shape index (κ2) is 13.4. The molecule has 0 saturated heterocycles. The van der Waals surface area contributed by atoms with Crippen molar-refractivity contribution in [2.45, 2.75) is 30.7 Å². The summed E-state index contributed by atoms with van der Waals surface area (Å²) in [6.45, 7) is 4.19. The van der Waals surface area contributed by atoms with E-state index in [4.69, 9.17) is 14.4 Å². The molecule has 0 aliphatic rings. The van der Waals surface area contributed by atoms with E-state index in [2.05, 4.69) is 25.8 Å². The second-order valence-corrected chi connectivity index (χ2v) is 9.70. The topological polar surface area (TPSA) is 167 Å². The SMILES string of the molecule is C=C(CCCOc1ccc(-c2cnc(-c3cc[n+](CCCS(=O)(=O)[O-])cc3)o2)cc1SOO[O-])OO. The van der Waals surface area contributed by atoms with Gasteiger partial charge in [-0.1, -0.05) is 6.58 Å². The Morgan fingerprint density at radius 3 is 2.67 bits per heavy atom. The fourth-order valence-electron chi connectivity index (χ4n) is 3.11. The molecule has 36 heavy (non-hydrogen) atoms. The van der Waals surface area contributed by atoms with Gasteiger partial charge in [-0.2, -0.15) is 4.33 Å². The third-order valence-corrected chi connectivity index (χ3v) is 6.23. The minimum Gasteiger partial charge on any atom is -0.748 e. The van der Waals surface area contributed by atoms with Crippen LogP contribution in [0.25, 0.3) is 22.8 Å². The van der Waals surface area contributed by atoms with Gasteiger partial charge in [-0.3, -0.25) is 5.04 Å². The van der Waals surface area contributed by atoms with Crippen molar-refractivity contribution in [2.75, 3.05) is 12.4 Å². The van der Waals surface area contributed by atoms with E-state index in [0.717, 1.165) is 0 Å². The smallest absolute Gasteiger partial charge is 0.227 e. The fraction of sp³-hybridized carbons (Fsp3) is 0.273. The first-order chi connectivity index (χ1) is 17.3. The van der Waals surface area contributed by atoms with E-state index in [1.165, 1.54) is 0 Å². The highest BCUT2D eigenvalue weighted by molar-refractivity contribution is 7.94. The summed E-state index contributed by atoms with van der Waals surface area (Å²) in [7, 11) is -4.23. The van der Waals surface area contributed by atoms with Crippen LogP contribution in [0, 0.1) is 0 Å². The first kappa shape index (κ1) is 27.6. The fourth-order valence-corrected chi connectivity index (χ4v) is 4.08. The molecule has 0 aliphatic heterocycles. The zero-order valence-corrected chi connectivity index (χ0v) is 20.5.